The van der Waals surface area contributed by atoms with Crippen LogP contribution in [0.15, 0.2) is 76.9 Å². The second-order valence-electron chi connectivity index (χ2n) is 8.32. The number of nitrogens with one attached hydrogen (secondary N) is 1. The molecule has 4 heterocycles. The number of H-pyrrole nitrogens is 1. The van der Waals surface area contributed by atoms with Crippen LogP contribution in [0.3, 0.4) is 0 Å². The number of fused-ring (bicyclic) bond motifs is 1. The van der Waals surface area contributed by atoms with Crippen molar-refractivity contribution in [3.63, 3.8) is 0 Å². The molecule has 1 fully saturated rings. The molecule has 0 spiro atoms. The molecule has 8 nitrogen and oxygen atoms in total. The topological polar surface area (TPSA) is 88.8 Å². The molecular formula is C25H22N6O2S. The van der Waals surface area contributed by atoms with Gasteiger partial charge in [-0.05, 0) is 48.6 Å². The van der Waals surface area contributed by atoms with Gasteiger partial charge in [0.15, 0.2) is 5.82 Å². The maximum absolute atomic E-state index is 13.4. The zero-order valence-corrected chi connectivity index (χ0v) is 19.1. The average molecular weight is 471 g/mol. The molecule has 5 aromatic rings. The Morgan fingerprint density at radius 3 is 2.50 bits per heavy atom. The van der Waals surface area contributed by atoms with E-state index < -0.39 is 0 Å². The average Bonchev–Trinajstić information content (AvgIpc) is 3.62. The van der Waals surface area contributed by atoms with E-state index in [4.69, 9.17) is 0 Å². The molecule has 1 saturated heterocycles. The van der Waals surface area contributed by atoms with E-state index in [2.05, 4.69) is 15.1 Å². The molecule has 0 unspecified atom stereocenters. The molecule has 3 aromatic heterocycles. The van der Waals surface area contributed by atoms with E-state index in [1.807, 2.05) is 76.7 Å². The van der Waals surface area contributed by atoms with Crippen LogP contribution in [0, 0.1) is 0 Å². The molecule has 170 valence electrons. The summed E-state index contributed by atoms with van der Waals surface area (Å²) in [5.74, 6) is 0.664. The molecular weight excluding hydrogens is 448 g/mol. The molecule has 0 bridgehead atoms. The number of hydrogen-bond acceptors (Lipinski definition) is 5. The van der Waals surface area contributed by atoms with Crippen molar-refractivity contribution >= 4 is 28.3 Å². The summed E-state index contributed by atoms with van der Waals surface area (Å²) in [5.41, 5.74) is 2.49. The molecule has 2 aromatic carbocycles. The summed E-state index contributed by atoms with van der Waals surface area (Å²) in [5, 5.41) is 6.58. The quantitative estimate of drug-likeness (QED) is 0.428. The highest BCUT2D eigenvalue weighted by Crippen LogP contribution is 2.28. The van der Waals surface area contributed by atoms with Crippen LogP contribution in [0.4, 0.5) is 0 Å². The fourth-order valence-corrected chi connectivity index (χ4v) is 5.32. The Labute approximate surface area is 199 Å². The Morgan fingerprint density at radius 1 is 0.971 bits per heavy atom. The van der Waals surface area contributed by atoms with E-state index >= 15 is 0 Å². The number of carbonyl (C=O) groups is 1. The zero-order valence-electron chi connectivity index (χ0n) is 18.3. The first-order chi connectivity index (χ1) is 16.7. The zero-order chi connectivity index (χ0) is 23.1. The standard InChI is InChI=1S/C25H22N6O2S/c32-24(22-27-23(21-11-6-16-34-21)31(28-22)18-7-2-1-3-8-18)29-14-12-17(13-15-29)30-20-10-5-4-9-19(20)26-25(30)33/h1-11,16-17H,12-15H2,(H,26,33). The van der Waals surface area contributed by atoms with Gasteiger partial charge in [0, 0.05) is 19.1 Å². The number of thiophene rings is 1. The minimum atomic E-state index is -0.183. The van der Waals surface area contributed by atoms with Crippen LogP contribution in [-0.4, -0.2) is 48.2 Å². The normalized spacial score (nSPS) is 14.6. The van der Waals surface area contributed by atoms with Gasteiger partial charge in [0.25, 0.3) is 5.91 Å². The summed E-state index contributed by atoms with van der Waals surface area (Å²) in [6.07, 6.45) is 1.40. The lowest BCUT2D eigenvalue weighted by molar-refractivity contribution is 0.0682. The number of aromatic amines is 1. The number of nitrogens with zero attached hydrogens (tertiary/aromatic N) is 5. The molecule has 9 heteroatoms. The van der Waals surface area contributed by atoms with Gasteiger partial charge in [-0.25, -0.2) is 14.5 Å². The fourth-order valence-electron chi connectivity index (χ4n) is 4.62. The molecule has 0 radical (unpaired) electrons. The maximum Gasteiger partial charge on any atom is 0.326 e. The predicted molar refractivity (Wildman–Crippen MR) is 131 cm³/mol. The van der Waals surface area contributed by atoms with Crippen molar-refractivity contribution in [3.8, 4) is 16.4 Å². The van der Waals surface area contributed by atoms with Crippen LogP contribution in [0.5, 0.6) is 0 Å². The van der Waals surface area contributed by atoms with Gasteiger partial charge in [-0.15, -0.1) is 16.4 Å². The molecule has 0 saturated carbocycles. The minimum Gasteiger partial charge on any atom is -0.336 e. The van der Waals surface area contributed by atoms with Gasteiger partial charge < -0.3 is 9.88 Å². The molecule has 1 aliphatic heterocycles. The first kappa shape index (κ1) is 20.6. The lowest BCUT2D eigenvalue weighted by Crippen LogP contribution is -2.41. The number of hydrogen-bond donors (Lipinski definition) is 1. The van der Waals surface area contributed by atoms with Crippen LogP contribution in [-0.2, 0) is 0 Å². The van der Waals surface area contributed by atoms with Crippen molar-refractivity contribution in [2.75, 3.05) is 13.1 Å². The molecule has 6 rings (SSSR count). The van der Waals surface area contributed by atoms with E-state index in [1.54, 1.807) is 20.9 Å². The summed E-state index contributed by atoms with van der Waals surface area (Å²) in [6.45, 7) is 1.09. The number of aromatic nitrogens is 5. The van der Waals surface area contributed by atoms with Gasteiger partial charge in [-0.3, -0.25) is 9.36 Å². The number of imidazole rings is 1. The lowest BCUT2D eigenvalue weighted by atomic mass is 10.0. The van der Waals surface area contributed by atoms with Crippen molar-refractivity contribution in [1.29, 1.82) is 0 Å². The molecule has 1 amide bonds. The van der Waals surface area contributed by atoms with Crippen molar-refractivity contribution in [2.45, 2.75) is 18.9 Å². The SMILES string of the molecule is O=C(c1nc(-c2cccs2)n(-c2ccccc2)n1)N1CCC(n2c(=O)[nH]c3ccccc32)CC1. The largest absolute Gasteiger partial charge is 0.336 e. The monoisotopic (exact) mass is 470 g/mol. The van der Waals surface area contributed by atoms with E-state index in [1.165, 1.54) is 0 Å². The van der Waals surface area contributed by atoms with Crippen molar-refractivity contribution < 1.29 is 4.79 Å². The predicted octanol–water partition coefficient (Wildman–Crippen LogP) is 4.12. The number of carbonyl (C=O) groups excluding carboxylic acids is 1. The second-order valence-corrected chi connectivity index (χ2v) is 9.27. The number of piperidine rings is 1. The summed E-state index contributed by atoms with van der Waals surface area (Å²) in [7, 11) is 0. The van der Waals surface area contributed by atoms with Crippen molar-refractivity contribution in [3.05, 3.63) is 88.4 Å². The molecule has 0 aliphatic carbocycles. The fraction of sp³-hybridized carbons (Fsp3) is 0.200. The van der Waals surface area contributed by atoms with E-state index in [9.17, 15) is 9.59 Å². The highest BCUT2D eigenvalue weighted by molar-refractivity contribution is 7.13. The van der Waals surface area contributed by atoms with E-state index in [0.29, 0.717) is 31.8 Å². The van der Waals surface area contributed by atoms with Gasteiger partial charge in [0.2, 0.25) is 5.82 Å². The van der Waals surface area contributed by atoms with Gasteiger partial charge in [-0.1, -0.05) is 36.4 Å². The Kier molecular flexibility index (Phi) is 5.10. The van der Waals surface area contributed by atoms with Gasteiger partial charge in [0.05, 0.1) is 21.6 Å². The molecule has 1 N–H and O–H groups in total. The first-order valence-electron chi connectivity index (χ1n) is 11.2. The third-order valence-corrected chi connectivity index (χ3v) is 7.15. The summed E-state index contributed by atoms with van der Waals surface area (Å²) >= 11 is 1.56. The Balaban J connectivity index is 1.25. The Morgan fingerprint density at radius 2 is 1.74 bits per heavy atom. The van der Waals surface area contributed by atoms with Crippen molar-refractivity contribution in [1.82, 2.24) is 29.2 Å². The van der Waals surface area contributed by atoms with Crippen LogP contribution in [0.1, 0.15) is 29.5 Å². The lowest BCUT2D eigenvalue weighted by Gasteiger charge is -2.31. The van der Waals surface area contributed by atoms with Crippen LogP contribution in [0.2, 0.25) is 0 Å². The number of amides is 1. The highest BCUT2D eigenvalue weighted by Gasteiger charge is 2.29. The van der Waals surface area contributed by atoms with Gasteiger partial charge >= 0.3 is 5.69 Å². The second kappa shape index (κ2) is 8.42. The van der Waals surface area contributed by atoms with E-state index in [0.717, 1.165) is 21.6 Å². The molecule has 1 aliphatic rings. The van der Waals surface area contributed by atoms with Crippen LogP contribution >= 0.6 is 11.3 Å². The maximum atomic E-state index is 13.4. The van der Waals surface area contributed by atoms with Crippen LogP contribution in [0.25, 0.3) is 27.4 Å². The van der Waals surface area contributed by atoms with E-state index in [-0.39, 0.29) is 23.5 Å². The number of para-hydroxylation sites is 3. The smallest absolute Gasteiger partial charge is 0.326 e. The third kappa shape index (κ3) is 3.54. The van der Waals surface area contributed by atoms with Gasteiger partial charge in [0.1, 0.15) is 0 Å². The minimum absolute atomic E-state index is 0.0456. The van der Waals surface area contributed by atoms with Crippen LogP contribution < -0.4 is 5.69 Å². The molecule has 34 heavy (non-hydrogen) atoms. The summed E-state index contributed by atoms with van der Waals surface area (Å²) < 4.78 is 3.56. The highest BCUT2D eigenvalue weighted by atomic mass is 32.1. The Hall–Kier alpha value is -3.98. The van der Waals surface area contributed by atoms with Gasteiger partial charge in [-0.2, -0.15) is 0 Å². The summed E-state index contributed by atoms with van der Waals surface area (Å²) in [4.78, 5) is 36.2. The number of benzene rings is 2. The number of likely N-dealkylation sites (tertiary alicyclic amines) is 1. The summed E-state index contributed by atoms with van der Waals surface area (Å²) in [6, 6.07) is 21.4. The molecule has 0 atom stereocenters. The third-order valence-electron chi connectivity index (χ3n) is 6.28. The first-order valence-corrected chi connectivity index (χ1v) is 12.1. The Bertz CT molecular complexity index is 1510. The van der Waals surface area contributed by atoms with Crippen molar-refractivity contribution in [2.24, 2.45) is 0 Å². The number of rotatable bonds is 4.